The summed E-state index contributed by atoms with van der Waals surface area (Å²) in [5.74, 6) is -3.02. The van der Waals surface area contributed by atoms with Gasteiger partial charge in [0.1, 0.15) is 0 Å². The zero-order valence-corrected chi connectivity index (χ0v) is 10.7. The van der Waals surface area contributed by atoms with E-state index in [0.29, 0.717) is 12.8 Å². The van der Waals surface area contributed by atoms with Gasteiger partial charge in [-0.15, -0.1) is 0 Å². The van der Waals surface area contributed by atoms with Crippen molar-refractivity contribution in [1.29, 1.82) is 0 Å². The number of aliphatic hydroxyl groups excluding tert-OH is 1. The number of carbonyl (C=O) groups is 1. The second-order valence-corrected chi connectivity index (χ2v) is 5.11. The van der Waals surface area contributed by atoms with E-state index in [1.165, 1.54) is 18.9 Å². The van der Waals surface area contributed by atoms with Gasteiger partial charge in [0.15, 0.2) is 0 Å². The predicted octanol–water partition coefficient (Wildman–Crippen LogP) is 2.19. The molecule has 1 fully saturated rings. The molecule has 0 aromatic carbocycles. The normalized spacial score (nSPS) is 26.8. The van der Waals surface area contributed by atoms with E-state index in [1.807, 2.05) is 0 Å². The first-order chi connectivity index (χ1) is 8.23. The quantitative estimate of drug-likeness (QED) is 0.851. The number of alkyl halides is 3. The Kier molecular flexibility index (Phi) is 5.01. The Balaban J connectivity index is 2.74. The molecular formula is C12H20F3NO2. The molecule has 1 saturated carbocycles. The molecule has 1 aliphatic carbocycles. The largest absolute Gasteiger partial charge is 0.392 e. The van der Waals surface area contributed by atoms with Crippen LogP contribution in [0, 0.1) is 11.8 Å². The van der Waals surface area contributed by atoms with E-state index in [1.54, 1.807) is 0 Å². The van der Waals surface area contributed by atoms with Gasteiger partial charge in [-0.05, 0) is 19.8 Å². The molecule has 1 N–H and O–H groups in total. The van der Waals surface area contributed by atoms with Crippen LogP contribution in [0.1, 0.15) is 32.6 Å². The highest BCUT2D eigenvalue weighted by Crippen LogP contribution is 2.42. The van der Waals surface area contributed by atoms with Crippen LogP contribution in [-0.4, -0.2) is 41.8 Å². The van der Waals surface area contributed by atoms with Gasteiger partial charge in [-0.3, -0.25) is 4.79 Å². The first-order valence-electron chi connectivity index (χ1n) is 6.23. The second-order valence-electron chi connectivity index (χ2n) is 5.11. The van der Waals surface area contributed by atoms with Gasteiger partial charge in [-0.1, -0.05) is 12.8 Å². The van der Waals surface area contributed by atoms with Crippen LogP contribution in [0.25, 0.3) is 0 Å². The van der Waals surface area contributed by atoms with Gasteiger partial charge in [-0.25, -0.2) is 0 Å². The molecule has 0 radical (unpaired) electrons. The first-order valence-corrected chi connectivity index (χ1v) is 6.23. The number of likely N-dealkylation sites (N-methyl/N-ethyl adjacent to an activating group) is 1. The van der Waals surface area contributed by atoms with Crippen LogP contribution in [0.4, 0.5) is 13.2 Å². The number of hydrogen-bond acceptors (Lipinski definition) is 2. The molecule has 0 aliphatic heterocycles. The van der Waals surface area contributed by atoms with Crippen molar-refractivity contribution in [2.45, 2.75) is 44.9 Å². The van der Waals surface area contributed by atoms with E-state index in [9.17, 15) is 23.1 Å². The van der Waals surface area contributed by atoms with Crippen LogP contribution in [0.15, 0.2) is 0 Å². The van der Waals surface area contributed by atoms with E-state index in [2.05, 4.69) is 0 Å². The summed E-state index contributed by atoms with van der Waals surface area (Å²) in [4.78, 5) is 13.2. The van der Waals surface area contributed by atoms with Crippen LogP contribution in [0.2, 0.25) is 0 Å². The third-order valence-electron chi connectivity index (χ3n) is 3.42. The lowest BCUT2D eigenvalue weighted by Crippen LogP contribution is -2.44. The van der Waals surface area contributed by atoms with Crippen molar-refractivity contribution in [3.8, 4) is 0 Å². The monoisotopic (exact) mass is 267 g/mol. The van der Waals surface area contributed by atoms with E-state index < -0.39 is 30.0 Å². The van der Waals surface area contributed by atoms with Crippen LogP contribution in [-0.2, 0) is 4.79 Å². The standard InChI is InChI=1S/C12H20F3NO2/c1-8(17)7-16(2)11(18)9-5-3-4-6-10(9)12(13,14)15/h8-10,17H,3-7H2,1-2H3. The van der Waals surface area contributed by atoms with E-state index in [-0.39, 0.29) is 19.4 Å². The minimum Gasteiger partial charge on any atom is -0.392 e. The maximum Gasteiger partial charge on any atom is 0.392 e. The van der Waals surface area contributed by atoms with Crippen molar-refractivity contribution >= 4 is 5.91 Å². The SMILES string of the molecule is CC(O)CN(C)C(=O)C1CCCCC1C(F)(F)F. The summed E-state index contributed by atoms with van der Waals surface area (Å²) in [6.07, 6.45) is -3.55. The Labute approximate surface area is 105 Å². The molecule has 6 heteroatoms. The summed E-state index contributed by atoms with van der Waals surface area (Å²) in [5.41, 5.74) is 0. The highest BCUT2D eigenvalue weighted by molar-refractivity contribution is 5.79. The third kappa shape index (κ3) is 3.86. The van der Waals surface area contributed by atoms with Crippen LogP contribution >= 0.6 is 0 Å². The average Bonchev–Trinajstić information content (AvgIpc) is 2.26. The first kappa shape index (κ1) is 15.3. The lowest BCUT2D eigenvalue weighted by molar-refractivity contribution is -0.200. The number of hydrogen-bond donors (Lipinski definition) is 1. The highest BCUT2D eigenvalue weighted by Gasteiger charge is 2.48. The smallest absolute Gasteiger partial charge is 0.392 e. The molecule has 1 aliphatic rings. The fourth-order valence-corrected chi connectivity index (χ4v) is 2.59. The summed E-state index contributed by atoms with van der Waals surface area (Å²) in [6, 6.07) is 0. The van der Waals surface area contributed by atoms with Crippen LogP contribution < -0.4 is 0 Å². The third-order valence-corrected chi connectivity index (χ3v) is 3.42. The number of aliphatic hydroxyl groups is 1. The Morgan fingerprint density at radius 1 is 1.39 bits per heavy atom. The molecule has 0 aromatic rings. The van der Waals surface area contributed by atoms with Gasteiger partial charge in [0.05, 0.1) is 12.0 Å². The van der Waals surface area contributed by atoms with Gasteiger partial charge in [0, 0.05) is 19.5 Å². The molecule has 0 aromatic heterocycles. The van der Waals surface area contributed by atoms with Gasteiger partial charge < -0.3 is 10.0 Å². The predicted molar refractivity (Wildman–Crippen MR) is 60.8 cm³/mol. The second kappa shape index (κ2) is 5.91. The Morgan fingerprint density at radius 3 is 2.44 bits per heavy atom. The Bertz CT molecular complexity index is 292. The van der Waals surface area contributed by atoms with Gasteiger partial charge in [-0.2, -0.15) is 13.2 Å². The van der Waals surface area contributed by atoms with E-state index >= 15 is 0 Å². The molecule has 3 atom stereocenters. The zero-order chi connectivity index (χ0) is 13.9. The fraction of sp³-hybridized carbons (Fsp3) is 0.917. The minimum absolute atomic E-state index is 0.0302. The molecule has 0 heterocycles. The maximum atomic E-state index is 12.9. The Morgan fingerprint density at radius 2 is 1.94 bits per heavy atom. The number of rotatable bonds is 3. The topological polar surface area (TPSA) is 40.5 Å². The van der Waals surface area contributed by atoms with Crippen molar-refractivity contribution < 1.29 is 23.1 Å². The van der Waals surface area contributed by atoms with E-state index in [4.69, 9.17) is 0 Å². The van der Waals surface area contributed by atoms with Crippen LogP contribution in [0.5, 0.6) is 0 Å². The molecule has 1 rings (SSSR count). The molecule has 3 nitrogen and oxygen atoms in total. The van der Waals surface area contributed by atoms with Crippen molar-refractivity contribution in [3.05, 3.63) is 0 Å². The lowest BCUT2D eigenvalue weighted by atomic mass is 9.78. The average molecular weight is 267 g/mol. The number of nitrogens with zero attached hydrogens (tertiary/aromatic N) is 1. The molecule has 3 unspecified atom stereocenters. The highest BCUT2D eigenvalue weighted by atomic mass is 19.4. The van der Waals surface area contributed by atoms with Crippen molar-refractivity contribution in [1.82, 2.24) is 4.90 Å². The zero-order valence-electron chi connectivity index (χ0n) is 10.7. The minimum atomic E-state index is -4.31. The lowest BCUT2D eigenvalue weighted by Gasteiger charge is -2.34. The van der Waals surface area contributed by atoms with Crippen molar-refractivity contribution in [2.75, 3.05) is 13.6 Å². The number of carbonyl (C=O) groups excluding carboxylic acids is 1. The molecule has 0 bridgehead atoms. The maximum absolute atomic E-state index is 12.9. The molecule has 0 spiro atoms. The van der Waals surface area contributed by atoms with Gasteiger partial charge in [0.2, 0.25) is 5.91 Å². The van der Waals surface area contributed by atoms with E-state index in [0.717, 1.165) is 0 Å². The van der Waals surface area contributed by atoms with Gasteiger partial charge in [0.25, 0.3) is 0 Å². The fourth-order valence-electron chi connectivity index (χ4n) is 2.59. The van der Waals surface area contributed by atoms with Crippen molar-refractivity contribution in [2.24, 2.45) is 11.8 Å². The Hall–Kier alpha value is -0.780. The summed E-state index contributed by atoms with van der Waals surface area (Å²) < 4.78 is 38.6. The molecular weight excluding hydrogens is 247 g/mol. The molecule has 0 saturated heterocycles. The van der Waals surface area contributed by atoms with Gasteiger partial charge >= 0.3 is 6.18 Å². The van der Waals surface area contributed by atoms with Crippen LogP contribution in [0.3, 0.4) is 0 Å². The summed E-state index contributed by atoms with van der Waals surface area (Å²) >= 11 is 0. The molecule has 18 heavy (non-hydrogen) atoms. The number of amides is 1. The number of halogens is 3. The molecule has 1 amide bonds. The summed E-state index contributed by atoms with van der Waals surface area (Å²) in [6.45, 7) is 1.58. The summed E-state index contributed by atoms with van der Waals surface area (Å²) in [7, 11) is 1.44. The summed E-state index contributed by atoms with van der Waals surface area (Å²) in [5, 5.41) is 9.18. The molecule has 106 valence electrons. The van der Waals surface area contributed by atoms with Crippen molar-refractivity contribution in [3.63, 3.8) is 0 Å².